The van der Waals surface area contributed by atoms with Gasteiger partial charge in [0, 0.05) is 22.4 Å². The minimum absolute atomic E-state index is 0. The molecule has 1 saturated heterocycles. The maximum atomic E-state index is 12.4. The van der Waals surface area contributed by atoms with E-state index >= 15 is 0 Å². The molecule has 1 aliphatic rings. The summed E-state index contributed by atoms with van der Waals surface area (Å²) in [6, 6.07) is 21.2. The van der Waals surface area contributed by atoms with Crippen LogP contribution in [-0.2, 0) is 4.74 Å². The number of rotatable bonds is 6. The van der Waals surface area contributed by atoms with Crippen molar-refractivity contribution in [1.82, 2.24) is 4.98 Å². The van der Waals surface area contributed by atoms with Crippen LogP contribution in [0.15, 0.2) is 71.1 Å². The number of carboxylic acid groups (broad SMARTS) is 1. The molecule has 0 radical (unpaired) electrons. The predicted octanol–water partition coefficient (Wildman–Crippen LogP) is 2.89. The number of aryl methyl sites for hydroxylation is 2. The largest absolute Gasteiger partial charge is 1.00 e. The van der Waals surface area contributed by atoms with Crippen molar-refractivity contribution in [3.05, 3.63) is 94.5 Å². The van der Waals surface area contributed by atoms with E-state index in [1.165, 1.54) is 11.6 Å². The van der Waals surface area contributed by atoms with E-state index < -0.39 is 5.97 Å². The molecule has 0 saturated carbocycles. The van der Waals surface area contributed by atoms with Gasteiger partial charge >= 0.3 is 29.6 Å². The number of carbonyl (C=O) groups is 1. The molecule has 0 N–H and O–H groups in total. The summed E-state index contributed by atoms with van der Waals surface area (Å²) in [7, 11) is 0. The quantitative estimate of drug-likeness (QED) is 0.324. The molecule has 0 amide bonds. The Labute approximate surface area is 242 Å². The molecule has 6 nitrogen and oxygen atoms in total. The average Bonchev–Trinajstić information content (AvgIpc) is 3.21. The number of furan rings is 1. The van der Waals surface area contributed by atoms with Gasteiger partial charge in [-0.1, -0.05) is 48.5 Å². The van der Waals surface area contributed by atoms with Crippen LogP contribution in [0, 0.1) is 13.8 Å². The zero-order valence-electron chi connectivity index (χ0n) is 21.9. The third-order valence-electron chi connectivity index (χ3n) is 7.24. The Morgan fingerprint density at radius 1 is 1.05 bits per heavy atom. The third-order valence-corrected chi connectivity index (χ3v) is 7.24. The second-order valence-electron chi connectivity index (χ2n) is 9.66. The van der Waals surface area contributed by atoms with E-state index in [4.69, 9.17) is 18.9 Å². The van der Waals surface area contributed by atoms with E-state index in [1.54, 1.807) is 6.07 Å². The average molecular weight is 516 g/mol. The molecule has 186 valence electrons. The minimum atomic E-state index is -1.29. The molecule has 0 bridgehead atoms. The summed E-state index contributed by atoms with van der Waals surface area (Å²) in [5.41, 5.74) is 5.72. The second kappa shape index (κ2) is 10.5. The van der Waals surface area contributed by atoms with Gasteiger partial charge in [-0.15, -0.1) is 0 Å². The standard InChI is InChI=1S/C31H27NO5.Na/c1-17-8-13-27(36-19(3)20-9-11-21(12-10-20)22-15-35-16-22)28-24(31(33)34)14-25(32-29(17)28)30-18(2)23-6-4-5-7-26(23)37-30;/h4-14,19,22H,15-16H2,1-3H3,(H,33,34);/q;+1/p-1/t19-;/m0./s1. The number of nitrogens with zero attached hydrogens (tertiary/aromatic N) is 1. The minimum Gasteiger partial charge on any atom is -0.545 e. The van der Waals surface area contributed by atoms with Crippen molar-refractivity contribution in [3.63, 3.8) is 0 Å². The Morgan fingerprint density at radius 3 is 2.45 bits per heavy atom. The topological polar surface area (TPSA) is 84.6 Å². The summed E-state index contributed by atoms with van der Waals surface area (Å²) in [4.78, 5) is 17.2. The Balaban J connectivity index is 0.00000294. The zero-order valence-corrected chi connectivity index (χ0v) is 23.9. The maximum absolute atomic E-state index is 12.4. The Hall–Kier alpha value is -3.16. The fourth-order valence-electron chi connectivity index (χ4n) is 4.96. The molecule has 3 heterocycles. The van der Waals surface area contributed by atoms with E-state index in [0.29, 0.717) is 34.0 Å². The molecule has 0 aliphatic carbocycles. The molecule has 38 heavy (non-hydrogen) atoms. The molecule has 0 spiro atoms. The van der Waals surface area contributed by atoms with Crippen LogP contribution in [0.2, 0.25) is 0 Å². The molecular formula is C31H26NNaO5. The van der Waals surface area contributed by atoms with Gasteiger partial charge in [-0.3, -0.25) is 0 Å². The summed E-state index contributed by atoms with van der Waals surface area (Å²) in [5.74, 6) is 0.149. The van der Waals surface area contributed by atoms with Gasteiger partial charge in [-0.25, -0.2) is 4.98 Å². The number of hydrogen-bond acceptors (Lipinski definition) is 6. The van der Waals surface area contributed by atoms with Gasteiger partial charge in [0.2, 0.25) is 0 Å². The summed E-state index contributed by atoms with van der Waals surface area (Å²) >= 11 is 0. The summed E-state index contributed by atoms with van der Waals surface area (Å²) in [6.07, 6.45) is -0.301. The van der Waals surface area contributed by atoms with Gasteiger partial charge < -0.3 is 23.8 Å². The third kappa shape index (κ3) is 4.63. The summed E-state index contributed by atoms with van der Waals surface area (Å²) in [5, 5.41) is 13.8. The number of carboxylic acids is 1. The molecule has 1 fully saturated rings. The first-order chi connectivity index (χ1) is 17.9. The van der Waals surface area contributed by atoms with Crippen LogP contribution >= 0.6 is 0 Å². The molecular weight excluding hydrogens is 489 g/mol. The number of carbonyl (C=O) groups excluding carboxylic acids is 1. The first-order valence-electron chi connectivity index (χ1n) is 12.4. The first kappa shape index (κ1) is 26.4. The smallest absolute Gasteiger partial charge is 0.545 e. The Bertz CT molecular complexity index is 1650. The van der Waals surface area contributed by atoms with Crippen LogP contribution in [0.4, 0.5) is 0 Å². The molecule has 1 atom stereocenters. The molecule has 2 aromatic heterocycles. The number of fused-ring (bicyclic) bond motifs is 2. The fourth-order valence-corrected chi connectivity index (χ4v) is 4.96. The van der Waals surface area contributed by atoms with E-state index in [-0.39, 0.29) is 41.2 Å². The van der Waals surface area contributed by atoms with Gasteiger partial charge in [0.15, 0.2) is 5.76 Å². The number of pyridine rings is 1. The van der Waals surface area contributed by atoms with E-state index in [0.717, 1.165) is 40.9 Å². The molecule has 1 aliphatic heterocycles. The van der Waals surface area contributed by atoms with Crippen molar-refractivity contribution in [2.24, 2.45) is 0 Å². The van der Waals surface area contributed by atoms with Gasteiger partial charge in [0.25, 0.3) is 0 Å². The van der Waals surface area contributed by atoms with Gasteiger partial charge in [-0.05, 0) is 55.7 Å². The van der Waals surface area contributed by atoms with Crippen molar-refractivity contribution in [2.45, 2.75) is 32.8 Å². The maximum Gasteiger partial charge on any atom is 1.00 e. The van der Waals surface area contributed by atoms with Gasteiger partial charge in [0.1, 0.15) is 23.1 Å². The van der Waals surface area contributed by atoms with Crippen LogP contribution < -0.4 is 39.4 Å². The van der Waals surface area contributed by atoms with Crippen LogP contribution in [-0.4, -0.2) is 24.2 Å². The number of aromatic nitrogens is 1. The summed E-state index contributed by atoms with van der Waals surface area (Å²) in [6.45, 7) is 7.32. The van der Waals surface area contributed by atoms with E-state index in [2.05, 4.69) is 24.3 Å². The summed E-state index contributed by atoms with van der Waals surface area (Å²) < 4.78 is 17.7. The van der Waals surface area contributed by atoms with Crippen LogP contribution in [0.1, 0.15) is 51.6 Å². The molecule has 7 heteroatoms. The van der Waals surface area contributed by atoms with Crippen molar-refractivity contribution < 1.29 is 53.3 Å². The van der Waals surface area contributed by atoms with Crippen molar-refractivity contribution in [1.29, 1.82) is 0 Å². The molecule has 6 rings (SSSR count). The first-order valence-corrected chi connectivity index (χ1v) is 12.4. The Morgan fingerprint density at radius 2 is 1.79 bits per heavy atom. The number of ether oxygens (including phenoxy) is 2. The SMILES string of the molecule is Cc1c(-c2cc(C(=O)[O-])c3c(O[C@@H](C)c4ccc(C5COC5)cc4)ccc(C)c3n2)oc2ccccc12.[Na+]. The normalized spacial score (nSPS) is 14.2. The van der Waals surface area contributed by atoms with E-state index in [1.807, 2.05) is 51.1 Å². The number of para-hydroxylation sites is 1. The van der Waals surface area contributed by atoms with Crippen molar-refractivity contribution in [3.8, 4) is 17.2 Å². The number of hydrogen-bond donors (Lipinski definition) is 0. The van der Waals surface area contributed by atoms with Crippen molar-refractivity contribution >= 4 is 27.8 Å². The van der Waals surface area contributed by atoms with Crippen LogP contribution in [0.3, 0.4) is 0 Å². The number of benzene rings is 3. The monoisotopic (exact) mass is 515 g/mol. The van der Waals surface area contributed by atoms with Crippen molar-refractivity contribution in [2.75, 3.05) is 13.2 Å². The van der Waals surface area contributed by atoms with Gasteiger partial charge in [-0.2, -0.15) is 0 Å². The predicted molar refractivity (Wildman–Crippen MR) is 140 cm³/mol. The van der Waals surface area contributed by atoms with Gasteiger partial charge in [0.05, 0.1) is 30.1 Å². The zero-order chi connectivity index (χ0) is 25.7. The molecule has 3 aromatic carbocycles. The fraction of sp³-hybridized carbons (Fsp3) is 0.226. The Kier molecular flexibility index (Phi) is 7.34. The molecule has 5 aromatic rings. The van der Waals surface area contributed by atoms with E-state index in [9.17, 15) is 9.90 Å². The molecule has 0 unspecified atom stereocenters. The van der Waals surface area contributed by atoms with Crippen LogP contribution in [0.25, 0.3) is 33.3 Å². The second-order valence-corrected chi connectivity index (χ2v) is 9.66. The number of aromatic carboxylic acids is 1. The van der Waals surface area contributed by atoms with Crippen LogP contribution in [0.5, 0.6) is 5.75 Å².